The van der Waals surface area contributed by atoms with Gasteiger partial charge >= 0.3 is 11.9 Å². The van der Waals surface area contributed by atoms with Gasteiger partial charge in [0.05, 0.1) is 22.8 Å². The summed E-state index contributed by atoms with van der Waals surface area (Å²) >= 11 is 0. The fourth-order valence-corrected chi connectivity index (χ4v) is 5.42. The molecule has 3 atom stereocenters. The second-order valence-electron chi connectivity index (χ2n) is 10.1. The maximum Gasteiger partial charge on any atom is 0.417 e. The third-order valence-corrected chi connectivity index (χ3v) is 7.59. The number of nitrogens with zero attached hydrogens (tertiary/aromatic N) is 7. The first kappa shape index (κ1) is 28.2. The maximum absolute atomic E-state index is 13.8. The van der Waals surface area contributed by atoms with Crippen LogP contribution in [0.15, 0.2) is 59.5 Å². The summed E-state index contributed by atoms with van der Waals surface area (Å²) in [5.74, 6) is -0.0530. The second-order valence-corrected chi connectivity index (χ2v) is 10.1. The molecule has 1 aromatic carbocycles. The molecule has 0 unspecified atom stereocenters. The maximum atomic E-state index is 13.8. The molecule has 1 aliphatic rings. The third kappa shape index (κ3) is 5.37. The summed E-state index contributed by atoms with van der Waals surface area (Å²) in [6, 6.07) is 12.6. The van der Waals surface area contributed by atoms with Gasteiger partial charge in [-0.1, -0.05) is 19.1 Å². The Hall–Kier alpha value is -4.37. The number of rotatable bonds is 5. The number of piperazine rings is 1. The number of aromatic nitrogens is 4. The smallest absolute Gasteiger partial charge is 0.349 e. The first-order valence-electron chi connectivity index (χ1n) is 13.1. The predicted molar refractivity (Wildman–Crippen MR) is 145 cm³/mol. The fourth-order valence-electron chi connectivity index (χ4n) is 5.42. The van der Waals surface area contributed by atoms with Crippen molar-refractivity contribution in [2.45, 2.75) is 44.6 Å². The lowest BCUT2D eigenvalue weighted by atomic mass is 9.95. The van der Waals surface area contributed by atoms with Crippen LogP contribution in [0.3, 0.4) is 0 Å². The summed E-state index contributed by atoms with van der Waals surface area (Å²) in [4.78, 5) is 29.9. The molecule has 8 nitrogen and oxygen atoms in total. The number of aryl methyl sites for hydroxylation is 1. The van der Waals surface area contributed by atoms with Gasteiger partial charge in [0.15, 0.2) is 5.82 Å². The van der Waals surface area contributed by atoms with E-state index in [0.717, 1.165) is 12.3 Å². The van der Waals surface area contributed by atoms with E-state index in [9.17, 15) is 27.6 Å². The van der Waals surface area contributed by atoms with E-state index in [2.05, 4.69) is 19.9 Å². The average Bonchev–Trinajstić information content (AvgIpc) is 2.96. The van der Waals surface area contributed by atoms with E-state index in [-0.39, 0.29) is 17.8 Å². The Morgan fingerprint density at radius 3 is 2.41 bits per heavy atom. The number of hydrogen-bond acceptors (Lipinski definition) is 7. The SMILES string of the molecule is CC[C@@H]1CN(c2nc(=O)n(C)c3ccc(C#N)nc23)[C@@H](C)CN1[C@H](c1ccc(F)cc1)c1ccc(C(F)(F)F)cn1. The number of nitriles is 1. The molecule has 1 saturated heterocycles. The first-order valence-corrected chi connectivity index (χ1v) is 13.1. The molecule has 0 bridgehead atoms. The molecule has 41 heavy (non-hydrogen) atoms. The van der Waals surface area contributed by atoms with E-state index >= 15 is 0 Å². The molecule has 0 N–H and O–H groups in total. The lowest BCUT2D eigenvalue weighted by Gasteiger charge is -2.48. The molecule has 1 aliphatic heterocycles. The number of fused-ring (bicyclic) bond motifs is 1. The van der Waals surface area contributed by atoms with Crippen molar-refractivity contribution in [1.82, 2.24) is 24.4 Å². The third-order valence-electron chi connectivity index (χ3n) is 7.59. The molecule has 0 spiro atoms. The predicted octanol–water partition coefficient (Wildman–Crippen LogP) is 4.83. The molecule has 0 radical (unpaired) electrons. The summed E-state index contributed by atoms with van der Waals surface area (Å²) in [6.07, 6.45) is -3.05. The molecule has 4 aromatic rings. The van der Waals surface area contributed by atoms with Crippen molar-refractivity contribution in [3.8, 4) is 6.07 Å². The van der Waals surface area contributed by atoms with E-state index in [1.165, 1.54) is 22.8 Å². The summed E-state index contributed by atoms with van der Waals surface area (Å²) in [7, 11) is 1.59. The van der Waals surface area contributed by atoms with Crippen LogP contribution < -0.4 is 10.6 Å². The summed E-state index contributed by atoms with van der Waals surface area (Å²) in [6.45, 7) is 4.80. The highest BCUT2D eigenvalue weighted by Gasteiger charge is 2.39. The number of alkyl halides is 3. The van der Waals surface area contributed by atoms with Crippen molar-refractivity contribution in [3.05, 3.63) is 93.5 Å². The minimum atomic E-state index is -4.52. The van der Waals surface area contributed by atoms with Crippen LogP contribution in [0.4, 0.5) is 23.4 Å². The molecule has 5 rings (SSSR count). The van der Waals surface area contributed by atoms with Gasteiger partial charge in [0, 0.05) is 38.4 Å². The number of anilines is 1. The van der Waals surface area contributed by atoms with E-state index in [4.69, 9.17) is 0 Å². The minimum absolute atomic E-state index is 0.148. The summed E-state index contributed by atoms with van der Waals surface area (Å²) in [5.41, 5.74) is 0.955. The molecule has 0 amide bonds. The number of hydrogen-bond donors (Lipinski definition) is 0. The molecule has 212 valence electrons. The van der Waals surface area contributed by atoms with Gasteiger partial charge in [-0.05, 0) is 55.3 Å². The van der Waals surface area contributed by atoms with E-state index < -0.39 is 29.3 Å². The molecule has 0 aliphatic carbocycles. The quantitative estimate of drug-likeness (QED) is 0.320. The topological polar surface area (TPSA) is 90.9 Å². The highest BCUT2D eigenvalue weighted by Crippen LogP contribution is 2.37. The number of benzene rings is 1. The average molecular weight is 566 g/mol. The Kier molecular flexibility index (Phi) is 7.48. The first-order chi connectivity index (χ1) is 19.5. The molecule has 3 aromatic heterocycles. The van der Waals surface area contributed by atoms with Gasteiger partial charge in [-0.15, -0.1) is 0 Å². The highest BCUT2D eigenvalue weighted by atomic mass is 19.4. The molecule has 12 heteroatoms. The summed E-state index contributed by atoms with van der Waals surface area (Å²) in [5, 5.41) is 9.43. The van der Waals surface area contributed by atoms with Crippen LogP contribution >= 0.6 is 0 Å². The van der Waals surface area contributed by atoms with Crippen LogP contribution in [-0.2, 0) is 13.2 Å². The number of halogens is 4. The van der Waals surface area contributed by atoms with Gasteiger partial charge in [0.25, 0.3) is 0 Å². The Balaban J connectivity index is 1.57. The lowest BCUT2D eigenvalue weighted by Crippen LogP contribution is -2.59. The van der Waals surface area contributed by atoms with Crippen molar-refractivity contribution in [2.24, 2.45) is 7.05 Å². The van der Waals surface area contributed by atoms with Crippen LogP contribution in [-0.4, -0.2) is 49.6 Å². The zero-order valence-electron chi connectivity index (χ0n) is 22.6. The second kappa shape index (κ2) is 10.9. The molecule has 0 saturated carbocycles. The monoisotopic (exact) mass is 565 g/mol. The Bertz CT molecular complexity index is 1660. The van der Waals surface area contributed by atoms with Gasteiger partial charge in [0.2, 0.25) is 0 Å². The standard InChI is InChI=1S/C29H27F4N7O/c1-4-22-16-39(27-25-24(38(3)28(41)37-27)12-10-21(13-34)36-25)17(2)15-40(22)26(18-5-8-20(30)9-6-18)23-11-7-19(14-35-23)29(31,32)33/h5-12,14,17,22,26H,4,15-16H2,1-3H3/t17-,22+,26+/m0/s1. The minimum Gasteiger partial charge on any atom is -0.349 e. The van der Waals surface area contributed by atoms with Gasteiger partial charge < -0.3 is 4.90 Å². The Morgan fingerprint density at radius 2 is 1.80 bits per heavy atom. The van der Waals surface area contributed by atoms with Gasteiger partial charge in [0.1, 0.15) is 23.1 Å². The molecule has 1 fully saturated rings. The normalized spacial score (nSPS) is 18.8. The molecule has 4 heterocycles. The van der Waals surface area contributed by atoms with Crippen molar-refractivity contribution in [3.63, 3.8) is 0 Å². The fraction of sp³-hybridized carbons (Fsp3) is 0.345. The van der Waals surface area contributed by atoms with E-state index in [1.807, 2.05) is 24.8 Å². The Labute approximate surface area is 233 Å². The van der Waals surface area contributed by atoms with Crippen LogP contribution in [0.25, 0.3) is 11.0 Å². The van der Waals surface area contributed by atoms with Crippen molar-refractivity contribution >= 4 is 16.9 Å². The number of pyridine rings is 2. The zero-order valence-corrected chi connectivity index (χ0v) is 22.6. The lowest BCUT2D eigenvalue weighted by molar-refractivity contribution is -0.137. The van der Waals surface area contributed by atoms with Gasteiger partial charge in [-0.3, -0.25) is 14.5 Å². The summed E-state index contributed by atoms with van der Waals surface area (Å²) < 4.78 is 55.1. The van der Waals surface area contributed by atoms with Crippen molar-refractivity contribution in [1.29, 1.82) is 5.26 Å². The van der Waals surface area contributed by atoms with Crippen molar-refractivity contribution in [2.75, 3.05) is 18.0 Å². The van der Waals surface area contributed by atoms with Gasteiger partial charge in [-0.2, -0.15) is 23.4 Å². The van der Waals surface area contributed by atoms with E-state index in [0.29, 0.717) is 47.6 Å². The van der Waals surface area contributed by atoms with Crippen LogP contribution in [0.2, 0.25) is 0 Å². The van der Waals surface area contributed by atoms with Gasteiger partial charge in [-0.25, -0.2) is 14.2 Å². The van der Waals surface area contributed by atoms with Crippen LogP contribution in [0.5, 0.6) is 0 Å². The molecular weight excluding hydrogens is 538 g/mol. The highest BCUT2D eigenvalue weighted by molar-refractivity contribution is 5.86. The largest absolute Gasteiger partial charge is 0.417 e. The Morgan fingerprint density at radius 1 is 1.07 bits per heavy atom. The van der Waals surface area contributed by atoms with Crippen LogP contribution in [0.1, 0.15) is 48.8 Å². The van der Waals surface area contributed by atoms with E-state index in [1.54, 1.807) is 31.3 Å². The molecular formula is C29H27F4N7O. The van der Waals surface area contributed by atoms with Crippen LogP contribution in [0, 0.1) is 17.1 Å². The zero-order chi connectivity index (χ0) is 29.5. The van der Waals surface area contributed by atoms with Crippen molar-refractivity contribution < 1.29 is 17.6 Å².